The van der Waals surface area contributed by atoms with E-state index in [-0.39, 0.29) is 16.7 Å². The molecule has 1 N–H and O–H groups in total. The van der Waals surface area contributed by atoms with E-state index in [9.17, 15) is 14.4 Å². The quantitative estimate of drug-likeness (QED) is 0.457. The molecule has 1 aliphatic rings. The van der Waals surface area contributed by atoms with Crippen LogP contribution < -0.4 is 10.1 Å². The predicted molar refractivity (Wildman–Crippen MR) is 119 cm³/mol. The Morgan fingerprint density at radius 3 is 2.09 bits per heavy atom. The summed E-state index contributed by atoms with van der Waals surface area (Å²) in [7, 11) is 2.78. The number of cyclic esters (lactones) is 2. The Morgan fingerprint density at radius 1 is 0.875 bits per heavy atom. The molecule has 0 radical (unpaired) electrons. The minimum atomic E-state index is -0.878. The number of benzene rings is 3. The van der Waals surface area contributed by atoms with E-state index >= 15 is 0 Å². The molecule has 3 aromatic rings. The molecule has 7 nitrogen and oxygen atoms in total. The number of ether oxygens (including phenoxy) is 3. The molecule has 32 heavy (non-hydrogen) atoms. The largest absolute Gasteiger partial charge is 0.497 e. The zero-order valence-electron chi connectivity index (χ0n) is 18.1. The Morgan fingerprint density at radius 2 is 1.50 bits per heavy atom. The van der Waals surface area contributed by atoms with Crippen LogP contribution in [-0.2, 0) is 9.47 Å². The van der Waals surface area contributed by atoms with Crippen molar-refractivity contribution >= 4 is 29.3 Å². The molecular formula is C25H21NO6. The minimum absolute atomic E-state index is 0.00590. The van der Waals surface area contributed by atoms with E-state index in [4.69, 9.17) is 14.2 Å². The van der Waals surface area contributed by atoms with Gasteiger partial charge in [-0.2, -0.15) is 0 Å². The summed E-state index contributed by atoms with van der Waals surface area (Å²) < 4.78 is 15.0. The van der Waals surface area contributed by atoms with Crippen molar-refractivity contribution in [1.29, 1.82) is 0 Å². The topological polar surface area (TPSA) is 90.9 Å². The van der Waals surface area contributed by atoms with Gasteiger partial charge in [0.1, 0.15) is 5.75 Å². The molecule has 0 fully saturated rings. The van der Waals surface area contributed by atoms with Gasteiger partial charge in [0.15, 0.2) is 0 Å². The summed E-state index contributed by atoms with van der Waals surface area (Å²) >= 11 is 0. The first-order valence-corrected chi connectivity index (χ1v) is 9.89. The molecule has 0 bridgehead atoms. The number of para-hydroxylation sites is 1. The maximum atomic E-state index is 12.7. The standard InChI is InChI=1S/C25H21NO6/c1-13-6-5-7-14(2)21(13)26-22-17(15-8-10-16(30-3)11-9-15)12-18(23(27)31-4)19-20(22)25(29)32-24(19)28/h5-12,26H,1-4H3. The number of methoxy groups -OCH3 is 2. The molecule has 4 rings (SSSR count). The summed E-state index contributed by atoms with van der Waals surface area (Å²) in [4.78, 5) is 37.7. The van der Waals surface area contributed by atoms with Crippen LogP contribution >= 0.6 is 0 Å². The van der Waals surface area contributed by atoms with E-state index in [0.717, 1.165) is 16.8 Å². The third-order valence-electron chi connectivity index (χ3n) is 5.46. The monoisotopic (exact) mass is 431 g/mol. The maximum Gasteiger partial charge on any atom is 0.349 e. The van der Waals surface area contributed by atoms with Crippen LogP contribution in [-0.4, -0.2) is 32.1 Å². The van der Waals surface area contributed by atoms with E-state index in [2.05, 4.69) is 5.32 Å². The van der Waals surface area contributed by atoms with Crippen LogP contribution in [0.2, 0.25) is 0 Å². The Balaban J connectivity index is 2.04. The molecule has 7 heteroatoms. The molecule has 3 aromatic carbocycles. The van der Waals surface area contributed by atoms with Crippen LogP contribution in [0.4, 0.5) is 11.4 Å². The van der Waals surface area contributed by atoms with Crippen LogP contribution in [0, 0.1) is 13.8 Å². The average Bonchev–Trinajstić information content (AvgIpc) is 3.09. The second-order valence-corrected chi connectivity index (χ2v) is 7.39. The third kappa shape index (κ3) is 3.47. The van der Waals surface area contributed by atoms with Crippen molar-refractivity contribution in [3.05, 3.63) is 76.3 Å². The lowest BCUT2D eigenvalue weighted by Crippen LogP contribution is -2.12. The third-order valence-corrected chi connectivity index (χ3v) is 5.46. The Bertz CT molecular complexity index is 1240. The van der Waals surface area contributed by atoms with Gasteiger partial charge in [-0.3, -0.25) is 0 Å². The maximum absolute atomic E-state index is 12.7. The molecule has 1 heterocycles. The van der Waals surface area contributed by atoms with Crippen molar-refractivity contribution in [3.8, 4) is 16.9 Å². The molecule has 0 spiro atoms. The van der Waals surface area contributed by atoms with Crippen LogP contribution in [0.25, 0.3) is 11.1 Å². The van der Waals surface area contributed by atoms with Crippen LogP contribution in [0.15, 0.2) is 48.5 Å². The molecule has 0 amide bonds. The minimum Gasteiger partial charge on any atom is -0.497 e. The summed E-state index contributed by atoms with van der Waals surface area (Å²) in [6.45, 7) is 3.88. The van der Waals surface area contributed by atoms with Gasteiger partial charge in [0, 0.05) is 11.3 Å². The number of nitrogens with one attached hydrogen (secondary N) is 1. The second kappa shape index (κ2) is 8.19. The van der Waals surface area contributed by atoms with Crippen molar-refractivity contribution in [1.82, 2.24) is 0 Å². The SMILES string of the molecule is COC(=O)c1cc(-c2ccc(OC)cc2)c(Nc2c(C)cccc2C)c2c1C(=O)OC2=O. The summed E-state index contributed by atoms with van der Waals surface area (Å²) in [5.74, 6) is -1.78. The van der Waals surface area contributed by atoms with Gasteiger partial charge >= 0.3 is 17.9 Å². The van der Waals surface area contributed by atoms with Crippen molar-refractivity contribution in [2.24, 2.45) is 0 Å². The van der Waals surface area contributed by atoms with E-state index in [1.807, 2.05) is 32.0 Å². The Kier molecular flexibility index (Phi) is 5.40. The summed E-state index contributed by atoms with van der Waals surface area (Å²) in [6, 6.07) is 14.5. The lowest BCUT2D eigenvalue weighted by molar-refractivity contribution is 0.0437. The smallest absolute Gasteiger partial charge is 0.349 e. The number of esters is 3. The summed E-state index contributed by atoms with van der Waals surface area (Å²) in [6.07, 6.45) is 0. The molecule has 0 aliphatic carbocycles. The van der Waals surface area contributed by atoms with E-state index in [1.165, 1.54) is 7.11 Å². The molecule has 0 atom stereocenters. The normalized spacial score (nSPS) is 12.2. The average molecular weight is 431 g/mol. The van der Waals surface area contributed by atoms with Crippen LogP contribution in [0.3, 0.4) is 0 Å². The fraction of sp³-hybridized carbons (Fsp3) is 0.160. The zero-order chi connectivity index (χ0) is 23.0. The van der Waals surface area contributed by atoms with E-state index in [0.29, 0.717) is 22.6 Å². The molecule has 1 aliphatic heterocycles. The van der Waals surface area contributed by atoms with E-state index < -0.39 is 17.9 Å². The highest BCUT2D eigenvalue weighted by Crippen LogP contribution is 2.42. The number of hydrogen-bond acceptors (Lipinski definition) is 7. The predicted octanol–water partition coefficient (Wildman–Crippen LogP) is 4.82. The molecular weight excluding hydrogens is 410 g/mol. The molecule has 0 saturated carbocycles. The second-order valence-electron chi connectivity index (χ2n) is 7.39. The number of rotatable bonds is 5. The van der Waals surface area contributed by atoms with E-state index in [1.54, 1.807) is 37.4 Å². The number of carbonyl (C=O) groups is 3. The van der Waals surface area contributed by atoms with Gasteiger partial charge in [-0.25, -0.2) is 14.4 Å². The summed E-state index contributed by atoms with van der Waals surface area (Å²) in [5.41, 5.74) is 4.20. The molecule has 0 unspecified atom stereocenters. The molecule has 0 saturated heterocycles. The van der Waals surface area contributed by atoms with Gasteiger partial charge in [0.2, 0.25) is 0 Å². The molecule has 0 aromatic heterocycles. The Hall–Kier alpha value is -4.13. The highest BCUT2D eigenvalue weighted by atomic mass is 16.6. The molecule has 162 valence electrons. The zero-order valence-corrected chi connectivity index (χ0v) is 18.1. The number of anilines is 2. The number of hydrogen-bond donors (Lipinski definition) is 1. The highest BCUT2D eigenvalue weighted by Gasteiger charge is 2.39. The van der Waals surface area contributed by atoms with Crippen molar-refractivity contribution in [2.75, 3.05) is 19.5 Å². The van der Waals surface area contributed by atoms with Crippen molar-refractivity contribution < 1.29 is 28.6 Å². The fourth-order valence-electron chi connectivity index (χ4n) is 3.82. The first kappa shape index (κ1) is 21.1. The fourth-order valence-corrected chi connectivity index (χ4v) is 3.82. The van der Waals surface area contributed by atoms with Crippen molar-refractivity contribution in [3.63, 3.8) is 0 Å². The lowest BCUT2D eigenvalue weighted by Gasteiger charge is -2.19. The van der Waals surface area contributed by atoms with Gasteiger partial charge in [0.05, 0.1) is 36.6 Å². The van der Waals surface area contributed by atoms with Crippen molar-refractivity contribution in [2.45, 2.75) is 13.8 Å². The Labute approximate surface area is 184 Å². The first-order valence-electron chi connectivity index (χ1n) is 9.89. The van der Waals surface area contributed by atoms with Gasteiger partial charge in [-0.05, 0) is 48.7 Å². The van der Waals surface area contributed by atoms with Crippen LogP contribution in [0.5, 0.6) is 5.75 Å². The summed E-state index contributed by atoms with van der Waals surface area (Å²) in [5, 5.41) is 3.34. The number of aryl methyl sites for hydroxylation is 2. The highest BCUT2D eigenvalue weighted by molar-refractivity contribution is 6.23. The van der Waals surface area contributed by atoms with Crippen LogP contribution in [0.1, 0.15) is 42.2 Å². The number of carbonyl (C=O) groups excluding carboxylic acids is 3. The van der Waals surface area contributed by atoms with Gasteiger partial charge in [-0.1, -0.05) is 30.3 Å². The van der Waals surface area contributed by atoms with Gasteiger partial charge in [0.25, 0.3) is 0 Å². The van der Waals surface area contributed by atoms with Gasteiger partial charge in [-0.15, -0.1) is 0 Å². The lowest BCUT2D eigenvalue weighted by atomic mass is 9.92. The first-order chi connectivity index (χ1) is 15.3. The van der Waals surface area contributed by atoms with Gasteiger partial charge < -0.3 is 19.5 Å². The number of fused-ring (bicyclic) bond motifs is 1.